The average Bonchev–Trinajstić information content (AvgIpc) is 2.49. The third-order valence-corrected chi connectivity index (χ3v) is 4.92. The molecule has 5 heteroatoms. The summed E-state index contributed by atoms with van der Waals surface area (Å²) >= 11 is 1.30. The van der Waals surface area contributed by atoms with Crippen molar-refractivity contribution in [2.24, 2.45) is 5.92 Å². The van der Waals surface area contributed by atoms with Crippen molar-refractivity contribution in [1.82, 2.24) is 0 Å². The van der Waals surface area contributed by atoms with E-state index >= 15 is 0 Å². The third kappa shape index (κ3) is 6.65. The molecule has 1 aromatic rings. The normalized spacial score (nSPS) is 20.8. The zero-order valence-corrected chi connectivity index (χ0v) is 14.7. The molecule has 0 aliphatic heterocycles. The van der Waals surface area contributed by atoms with Crippen molar-refractivity contribution in [3.63, 3.8) is 0 Å². The molecule has 1 aliphatic rings. The van der Waals surface area contributed by atoms with Crippen molar-refractivity contribution in [2.75, 3.05) is 16.8 Å². The van der Waals surface area contributed by atoms with Gasteiger partial charge in [-0.05, 0) is 56.2 Å². The highest BCUT2D eigenvalue weighted by Gasteiger charge is 2.21. The Balaban J connectivity index is 1.62. The Morgan fingerprint density at radius 3 is 2.65 bits per heavy atom. The Morgan fingerprint density at radius 1 is 1.22 bits per heavy atom. The monoisotopic (exact) mass is 335 g/mol. The van der Waals surface area contributed by atoms with Crippen LogP contribution in [0.2, 0.25) is 0 Å². The van der Waals surface area contributed by atoms with E-state index in [0.717, 1.165) is 42.9 Å². The summed E-state index contributed by atoms with van der Waals surface area (Å²) in [4.78, 5) is 23.6. The standard InChI is InChI=1S/C18H25NO3S/c1-13-6-8-16(9-7-13)22-18(21)12-23-11-17(20)19-15-5-3-4-14(2)10-15/h3-5,10,13,16H,6-9,11-12H2,1-2H3,(H,19,20). The second-order valence-corrected chi connectivity index (χ2v) is 7.27. The minimum atomic E-state index is -0.210. The molecule has 0 unspecified atom stereocenters. The van der Waals surface area contributed by atoms with Crippen LogP contribution in [0, 0.1) is 12.8 Å². The van der Waals surface area contributed by atoms with Crippen molar-refractivity contribution in [1.29, 1.82) is 0 Å². The summed E-state index contributed by atoms with van der Waals surface area (Å²) in [6.07, 6.45) is 4.26. The van der Waals surface area contributed by atoms with E-state index in [-0.39, 0.29) is 29.5 Å². The molecule has 1 fully saturated rings. The molecule has 0 heterocycles. The number of nitrogens with one attached hydrogen (secondary N) is 1. The summed E-state index contributed by atoms with van der Waals surface area (Å²) in [6, 6.07) is 7.65. The van der Waals surface area contributed by atoms with Crippen LogP contribution >= 0.6 is 11.8 Å². The molecule has 23 heavy (non-hydrogen) atoms. The smallest absolute Gasteiger partial charge is 0.316 e. The Morgan fingerprint density at radius 2 is 1.96 bits per heavy atom. The van der Waals surface area contributed by atoms with Gasteiger partial charge in [0.1, 0.15) is 6.10 Å². The second kappa shape index (κ2) is 8.96. The number of benzene rings is 1. The fourth-order valence-corrected chi connectivity index (χ4v) is 3.31. The van der Waals surface area contributed by atoms with E-state index in [0.29, 0.717) is 0 Å². The van der Waals surface area contributed by atoms with E-state index in [2.05, 4.69) is 12.2 Å². The van der Waals surface area contributed by atoms with Crippen LogP contribution in [-0.4, -0.2) is 29.5 Å². The lowest BCUT2D eigenvalue weighted by molar-refractivity contribution is -0.147. The van der Waals surface area contributed by atoms with Gasteiger partial charge in [-0.15, -0.1) is 11.8 Å². The number of thioether (sulfide) groups is 1. The molecule has 2 rings (SSSR count). The lowest BCUT2D eigenvalue weighted by atomic mass is 9.89. The van der Waals surface area contributed by atoms with E-state index in [9.17, 15) is 9.59 Å². The van der Waals surface area contributed by atoms with Gasteiger partial charge in [0.15, 0.2) is 0 Å². The zero-order valence-electron chi connectivity index (χ0n) is 13.8. The molecule has 0 atom stereocenters. The first kappa shape index (κ1) is 17.9. The predicted octanol–water partition coefficient (Wildman–Crippen LogP) is 3.79. The first-order valence-corrected chi connectivity index (χ1v) is 9.32. The number of aryl methyl sites for hydroxylation is 1. The first-order valence-electron chi connectivity index (χ1n) is 8.16. The lowest BCUT2D eigenvalue weighted by Crippen LogP contribution is -2.25. The molecule has 1 N–H and O–H groups in total. The van der Waals surface area contributed by atoms with Gasteiger partial charge in [-0.2, -0.15) is 0 Å². The van der Waals surface area contributed by atoms with Crippen LogP contribution in [0.1, 0.15) is 38.2 Å². The molecule has 0 bridgehead atoms. The number of carbonyl (C=O) groups excluding carboxylic acids is 2. The van der Waals surface area contributed by atoms with Gasteiger partial charge >= 0.3 is 5.97 Å². The second-order valence-electron chi connectivity index (χ2n) is 6.28. The number of hydrogen-bond acceptors (Lipinski definition) is 4. The number of rotatable bonds is 6. The largest absolute Gasteiger partial charge is 0.462 e. The molecule has 0 saturated heterocycles. The molecule has 1 amide bonds. The van der Waals surface area contributed by atoms with Crippen molar-refractivity contribution in [3.05, 3.63) is 29.8 Å². The number of esters is 1. The Bertz CT molecular complexity index is 539. The molecule has 0 aromatic heterocycles. The van der Waals surface area contributed by atoms with Gasteiger partial charge in [0, 0.05) is 5.69 Å². The SMILES string of the molecule is Cc1cccc(NC(=O)CSCC(=O)OC2CCC(C)CC2)c1. The Kier molecular flexibility index (Phi) is 6.96. The molecule has 0 spiro atoms. The molecule has 126 valence electrons. The van der Waals surface area contributed by atoms with Crippen LogP contribution in [0.5, 0.6) is 0 Å². The summed E-state index contributed by atoms with van der Waals surface area (Å²) < 4.78 is 5.46. The van der Waals surface area contributed by atoms with Crippen molar-refractivity contribution < 1.29 is 14.3 Å². The van der Waals surface area contributed by atoms with E-state index in [1.54, 1.807) is 0 Å². The van der Waals surface area contributed by atoms with Gasteiger partial charge in [-0.1, -0.05) is 19.1 Å². The van der Waals surface area contributed by atoms with Crippen molar-refractivity contribution in [2.45, 2.75) is 45.6 Å². The minimum absolute atomic E-state index is 0.0698. The van der Waals surface area contributed by atoms with E-state index in [4.69, 9.17) is 4.74 Å². The number of ether oxygens (including phenoxy) is 1. The minimum Gasteiger partial charge on any atom is -0.462 e. The van der Waals surface area contributed by atoms with Gasteiger partial charge in [0.05, 0.1) is 11.5 Å². The van der Waals surface area contributed by atoms with Crippen LogP contribution in [0.3, 0.4) is 0 Å². The predicted molar refractivity (Wildman–Crippen MR) is 94.6 cm³/mol. The summed E-state index contributed by atoms with van der Waals surface area (Å²) in [6.45, 7) is 4.22. The summed E-state index contributed by atoms with van der Waals surface area (Å²) in [7, 11) is 0. The maximum absolute atomic E-state index is 11.8. The fraction of sp³-hybridized carbons (Fsp3) is 0.556. The fourth-order valence-electron chi connectivity index (χ4n) is 2.71. The summed E-state index contributed by atoms with van der Waals surface area (Å²) in [5.74, 6) is 0.917. The van der Waals surface area contributed by atoms with Crippen LogP contribution in [-0.2, 0) is 14.3 Å². The maximum atomic E-state index is 11.8. The third-order valence-electron chi connectivity index (χ3n) is 4.02. The highest BCUT2D eigenvalue weighted by Crippen LogP contribution is 2.25. The molecule has 1 aromatic carbocycles. The number of carbonyl (C=O) groups is 2. The molecule has 1 saturated carbocycles. The Hall–Kier alpha value is -1.49. The maximum Gasteiger partial charge on any atom is 0.316 e. The van der Waals surface area contributed by atoms with Crippen LogP contribution in [0.15, 0.2) is 24.3 Å². The summed E-state index contributed by atoms with van der Waals surface area (Å²) in [5.41, 5.74) is 1.88. The van der Waals surface area contributed by atoms with E-state index < -0.39 is 0 Å². The lowest BCUT2D eigenvalue weighted by Gasteiger charge is -2.25. The number of amides is 1. The molecular weight excluding hydrogens is 310 g/mol. The summed E-state index contributed by atoms with van der Waals surface area (Å²) in [5, 5.41) is 2.83. The van der Waals surface area contributed by atoms with Crippen LogP contribution in [0.4, 0.5) is 5.69 Å². The number of anilines is 1. The van der Waals surface area contributed by atoms with Gasteiger partial charge < -0.3 is 10.1 Å². The number of hydrogen-bond donors (Lipinski definition) is 1. The van der Waals surface area contributed by atoms with Crippen LogP contribution in [0.25, 0.3) is 0 Å². The van der Waals surface area contributed by atoms with Gasteiger partial charge in [-0.25, -0.2) is 0 Å². The highest BCUT2D eigenvalue weighted by molar-refractivity contribution is 8.00. The quantitative estimate of drug-likeness (QED) is 0.804. The van der Waals surface area contributed by atoms with Crippen LogP contribution < -0.4 is 5.32 Å². The van der Waals surface area contributed by atoms with Gasteiger partial charge in [0.2, 0.25) is 5.91 Å². The van der Waals surface area contributed by atoms with Crippen molar-refractivity contribution >= 4 is 29.3 Å². The molecule has 1 aliphatic carbocycles. The Labute approximate surface area is 142 Å². The molecular formula is C18H25NO3S. The molecule has 4 nitrogen and oxygen atoms in total. The van der Waals surface area contributed by atoms with Gasteiger partial charge in [0.25, 0.3) is 0 Å². The first-order chi connectivity index (χ1) is 11.0. The van der Waals surface area contributed by atoms with Gasteiger partial charge in [-0.3, -0.25) is 9.59 Å². The average molecular weight is 335 g/mol. The highest BCUT2D eigenvalue weighted by atomic mass is 32.2. The molecule has 0 radical (unpaired) electrons. The van der Waals surface area contributed by atoms with Crippen molar-refractivity contribution in [3.8, 4) is 0 Å². The van der Waals surface area contributed by atoms with E-state index in [1.807, 2.05) is 31.2 Å². The zero-order chi connectivity index (χ0) is 16.7. The topological polar surface area (TPSA) is 55.4 Å². The van der Waals surface area contributed by atoms with E-state index in [1.165, 1.54) is 11.8 Å².